The van der Waals surface area contributed by atoms with Gasteiger partial charge in [0, 0.05) is 0 Å². The zero-order chi connectivity index (χ0) is 13.8. The van der Waals surface area contributed by atoms with Gasteiger partial charge in [-0.15, -0.1) is 11.6 Å². The van der Waals surface area contributed by atoms with Crippen LogP contribution in [0.15, 0.2) is 72.8 Å². The van der Waals surface area contributed by atoms with Crippen molar-refractivity contribution in [3.05, 3.63) is 83.9 Å². The van der Waals surface area contributed by atoms with Crippen LogP contribution in [-0.2, 0) is 6.42 Å². The van der Waals surface area contributed by atoms with Gasteiger partial charge in [-0.3, -0.25) is 0 Å². The van der Waals surface area contributed by atoms with Crippen LogP contribution in [0, 0.1) is 0 Å². The highest BCUT2D eigenvalue weighted by Gasteiger charge is 2.07. The molecule has 20 heavy (non-hydrogen) atoms. The van der Waals surface area contributed by atoms with E-state index in [1.54, 1.807) is 0 Å². The normalized spacial score (nSPS) is 12.4. The van der Waals surface area contributed by atoms with Gasteiger partial charge in [-0.1, -0.05) is 72.8 Å². The van der Waals surface area contributed by atoms with E-state index in [1.165, 1.54) is 21.9 Å². The first-order chi connectivity index (χ1) is 9.83. The average molecular weight is 281 g/mol. The third-order valence-corrected chi connectivity index (χ3v) is 4.13. The zero-order valence-electron chi connectivity index (χ0n) is 11.3. The highest BCUT2D eigenvalue weighted by atomic mass is 35.5. The van der Waals surface area contributed by atoms with Crippen molar-refractivity contribution in [2.24, 2.45) is 0 Å². The van der Waals surface area contributed by atoms with E-state index in [-0.39, 0.29) is 5.38 Å². The molecule has 3 aromatic carbocycles. The van der Waals surface area contributed by atoms with Crippen molar-refractivity contribution < 1.29 is 0 Å². The van der Waals surface area contributed by atoms with Crippen LogP contribution in [0.2, 0.25) is 0 Å². The molecule has 0 heterocycles. The maximum atomic E-state index is 6.47. The Kier molecular flexibility index (Phi) is 4.03. The Bertz CT molecular complexity index is 688. The van der Waals surface area contributed by atoms with Gasteiger partial charge in [0.2, 0.25) is 0 Å². The predicted octanol–water partition coefficient (Wildman–Crippen LogP) is 5.75. The maximum absolute atomic E-state index is 6.47. The second-order valence-corrected chi connectivity index (χ2v) is 5.63. The minimum absolute atomic E-state index is 0.0858. The van der Waals surface area contributed by atoms with Crippen LogP contribution in [0.4, 0.5) is 0 Å². The fourth-order valence-corrected chi connectivity index (χ4v) is 2.77. The Hall–Kier alpha value is -1.79. The highest BCUT2D eigenvalue weighted by Crippen LogP contribution is 2.26. The minimum atomic E-state index is 0.0858. The van der Waals surface area contributed by atoms with Crippen LogP contribution >= 0.6 is 11.6 Å². The van der Waals surface area contributed by atoms with Crippen LogP contribution in [0.5, 0.6) is 0 Å². The first-order valence-electron chi connectivity index (χ1n) is 6.99. The molecule has 0 saturated carbocycles. The largest absolute Gasteiger partial charge is 0.118 e. The molecule has 0 N–H and O–H groups in total. The number of aryl methyl sites for hydroxylation is 1. The Balaban J connectivity index is 1.70. The Labute approximate surface area is 125 Å². The molecule has 100 valence electrons. The molecule has 0 bridgehead atoms. The lowest BCUT2D eigenvalue weighted by Crippen LogP contribution is -1.94. The van der Waals surface area contributed by atoms with Gasteiger partial charge in [-0.25, -0.2) is 0 Å². The fraction of sp³-hybridized carbons (Fsp3) is 0.158. The number of fused-ring (bicyclic) bond motifs is 1. The van der Waals surface area contributed by atoms with Crippen molar-refractivity contribution >= 4 is 22.4 Å². The second kappa shape index (κ2) is 6.11. The summed E-state index contributed by atoms with van der Waals surface area (Å²) in [6.07, 6.45) is 1.97. The Morgan fingerprint density at radius 3 is 2.25 bits per heavy atom. The molecule has 1 atom stereocenters. The molecule has 3 aromatic rings. The predicted molar refractivity (Wildman–Crippen MR) is 87.3 cm³/mol. The van der Waals surface area contributed by atoms with Crippen LogP contribution in [0.1, 0.15) is 22.9 Å². The SMILES string of the molecule is ClC(CCc1ccc2ccccc2c1)c1ccccc1. The summed E-state index contributed by atoms with van der Waals surface area (Å²) in [5, 5.41) is 2.68. The van der Waals surface area contributed by atoms with Crippen LogP contribution < -0.4 is 0 Å². The topological polar surface area (TPSA) is 0 Å². The van der Waals surface area contributed by atoms with Gasteiger partial charge in [-0.05, 0) is 34.7 Å². The number of benzene rings is 3. The Morgan fingerprint density at radius 1 is 0.750 bits per heavy atom. The van der Waals surface area contributed by atoms with E-state index in [1.807, 2.05) is 18.2 Å². The lowest BCUT2D eigenvalue weighted by Gasteiger charge is -2.10. The molecule has 0 radical (unpaired) electrons. The maximum Gasteiger partial charge on any atom is 0.0588 e. The molecule has 0 aliphatic rings. The van der Waals surface area contributed by atoms with Crippen molar-refractivity contribution in [1.82, 2.24) is 0 Å². The van der Waals surface area contributed by atoms with Crippen LogP contribution in [-0.4, -0.2) is 0 Å². The van der Waals surface area contributed by atoms with E-state index in [0.717, 1.165) is 12.8 Å². The molecule has 0 aliphatic heterocycles. The van der Waals surface area contributed by atoms with Gasteiger partial charge in [0.25, 0.3) is 0 Å². The van der Waals surface area contributed by atoms with Crippen LogP contribution in [0.25, 0.3) is 10.8 Å². The molecule has 0 saturated heterocycles. The van der Waals surface area contributed by atoms with Crippen molar-refractivity contribution in [3.8, 4) is 0 Å². The van der Waals surface area contributed by atoms with Crippen LogP contribution in [0.3, 0.4) is 0 Å². The number of hydrogen-bond donors (Lipinski definition) is 0. The van der Waals surface area contributed by atoms with E-state index in [4.69, 9.17) is 11.6 Å². The van der Waals surface area contributed by atoms with Gasteiger partial charge in [0.1, 0.15) is 0 Å². The highest BCUT2D eigenvalue weighted by molar-refractivity contribution is 6.20. The molecular weight excluding hydrogens is 264 g/mol. The third-order valence-electron chi connectivity index (χ3n) is 3.66. The molecular formula is C19H17Cl. The molecule has 3 rings (SSSR count). The van der Waals surface area contributed by atoms with Gasteiger partial charge in [0.05, 0.1) is 5.38 Å². The van der Waals surface area contributed by atoms with E-state index in [2.05, 4.69) is 54.6 Å². The van der Waals surface area contributed by atoms with E-state index in [9.17, 15) is 0 Å². The molecule has 0 nitrogen and oxygen atoms in total. The first-order valence-corrected chi connectivity index (χ1v) is 7.43. The summed E-state index contributed by atoms with van der Waals surface area (Å²) in [5.41, 5.74) is 2.56. The van der Waals surface area contributed by atoms with E-state index < -0.39 is 0 Å². The summed E-state index contributed by atoms with van der Waals surface area (Å²) in [5.74, 6) is 0. The molecule has 0 aromatic heterocycles. The van der Waals surface area contributed by atoms with Gasteiger partial charge < -0.3 is 0 Å². The van der Waals surface area contributed by atoms with E-state index >= 15 is 0 Å². The molecule has 1 heteroatoms. The van der Waals surface area contributed by atoms with Crippen molar-refractivity contribution in [2.75, 3.05) is 0 Å². The number of alkyl halides is 1. The number of hydrogen-bond acceptors (Lipinski definition) is 0. The standard InChI is InChI=1S/C19H17Cl/c20-19(17-7-2-1-3-8-17)13-11-15-10-12-16-6-4-5-9-18(16)14-15/h1-10,12,14,19H,11,13H2. The second-order valence-electron chi connectivity index (χ2n) is 5.10. The fourth-order valence-electron chi connectivity index (χ4n) is 2.52. The van der Waals surface area contributed by atoms with Crippen molar-refractivity contribution in [1.29, 1.82) is 0 Å². The lowest BCUT2D eigenvalue weighted by molar-refractivity contribution is 0.794. The van der Waals surface area contributed by atoms with Gasteiger partial charge in [-0.2, -0.15) is 0 Å². The lowest BCUT2D eigenvalue weighted by atomic mass is 10.0. The first kappa shape index (κ1) is 13.2. The summed E-state index contributed by atoms with van der Waals surface area (Å²) < 4.78 is 0. The number of rotatable bonds is 4. The van der Waals surface area contributed by atoms with E-state index in [0.29, 0.717) is 0 Å². The molecule has 0 amide bonds. The number of halogens is 1. The molecule has 0 spiro atoms. The third kappa shape index (κ3) is 3.02. The summed E-state index contributed by atoms with van der Waals surface area (Å²) >= 11 is 6.47. The van der Waals surface area contributed by atoms with Gasteiger partial charge >= 0.3 is 0 Å². The van der Waals surface area contributed by atoms with Crippen molar-refractivity contribution in [2.45, 2.75) is 18.2 Å². The van der Waals surface area contributed by atoms with Crippen molar-refractivity contribution in [3.63, 3.8) is 0 Å². The summed E-state index contributed by atoms with van der Waals surface area (Å²) in [7, 11) is 0. The molecule has 0 fully saturated rings. The zero-order valence-corrected chi connectivity index (χ0v) is 12.1. The Morgan fingerprint density at radius 2 is 1.45 bits per heavy atom. The quantitative estimate of drug-likeness (QED) is 0.534. The smallest absolute Gasteiger partial charge is 0.0588 e. The van der Waals surface area contributed by atoms with Gasteiger partial charge in [0.15, 0.2) is 0 Å². The summed E-state index contributed by atoms with van der Waals surface area (Å²) in [6, 6.07) is 25.4. The molecule has 0 aliphatic carbocycles. The minimum Gasteiger partial charge on any atom is -0.118 e. The summed E-state index contributed by atoms with van der Waals surface area (Å²) in [6.45, 7) is 0. The summed E-state index contributed by atoms with van der Waals surface area (Å²) in [4.78, 5) is 0. The monoisotopic (exact) mass is 280 g/mol. The average Bonchev–Trinajstić information content (AvgIpc) is 2.53. The molecule has 1 unspecified atom stereocenters.